The highest BCUT2D eigenvalue weighted by Gasteiger charge is 2.22. The van der Waals surface area contributed by atoms with Crippen LogP contribution in [0.1, 0.15) is 5.56 Å². The van der Waals surface area contributed by atoms with E-state index in [-0.39, 0.29) is 10.8 Å². The lowest BCUT2D eigenvalue weighted by molar-refractivity contribution is -0.384. The molecule has 1 aliphatic rings. The molecule has 0 bridgehead atoms. The molecule has 17 heavy (non-hydrogen) atoms. The number of hydrogen-bond donors (Lipinski definition) is 1. The third-order valence-corrected chi connectivity index (χ3v) is 3.10. The number of benzene rings is 1. The van der Waals surface area contributed by atoms with E-state index >= 15 is 0 Å². The number of carbonyl (C=O) groups excluding carboxylic acids is 1. The van der Waals surface area contributed by atoms with Crippen molar-refractivity contribution in [2.45, 2.75) is 0 Å². The van der Waals surface area contributed by atoms with Crippen molar-refractivity contribution < 1.29 is 9.72 Å². The Morgan fingerprint density at radius 2 is 2.00 bits per heavy atom. The van der Waals surface area contributed by atoms with Crippen LogP contribution in [0.3, 0.4) is 0 Å². The van der Waals surface area contributed by atoms with Gasteiger partial charge in [0.25, 0.3) is 5.69 Å². The smallest absolute Gasteiger partial charge is 0.269 e. The first-order valence-electron chi connectivity index (χ1n) is 4.55. The molecule has 5 nitrogen and oxygen atoms in total. The van der Waals surface area contributed by atoms with E-state index in [1.165, 1.54) is 12.1 Å². The van der Waals surface area contributed by atoms with Crippen molar-refractivity contribution in [2.24, 2.45) is 0 Å². The van der Waals surface area contributed by atoms with Crippen LogP contribution in [0.25, 0.3) is 6.08 Å². The molecule has 1 aromatic rings. The molecule has 0 amide bonds. The predicted octanol–water partition coefficient (Wildman–Crippen LogP) is 2.08. The fraction of sp³-hybridized carbons (Fsp3) is 0. The molecular formula is C10H6N2O3S2. The van der Waals surface area contributed by atoms with E-state index in [0.717, 1.165) is 11.8 Å². The van der Waals surface area contributed by atoms with E-state index in [9.17, 15) is 14.9 Å². The number of thioether (sulfide) groups is 1. The van der Waals surface area contributed by atoms with Crippen molar-refractivity contribution in [3.05, 3.63) is 45.6 Å². The number of carbonyl (C=O) groups is 1. The summed E-state index contributed by atoms with van der Waals surface area (Å²) < 4.78 is 0.420. The average Bonchev–Trinajstić information content (AvgIpc) is 2.58. The highest BCUT2D eigenvalue weighted by atomic mass is 32.2. The highest BCUT2D eigenvalue weighted by molar-refractivity contribution is 8.33. The van der Waals surface area contributed by atoms with Crippen LogP contribution < -0.4 is 5.32 Å². The van der Waals surface area contributed by atoms with E-state index in [0.29, 0.717) is 15.6 Å². The standard InChI is InChI=1S/C10H6N2O3S2/c13-9-8(11-10(16)17-9)5-6-1-3-7(4-2-6)12(14)15/h1-5H,(H,11,16). The number of hydrogen-bond acceptors (Lipinski definition) is 5. The maximum absolute atomic E-state index is 11.4. The van der Waals surface area contributed by atoms with E-state index in [1.54, 1.807) is 18.2 Å². The zero-order valence-corrected chi connectivity index (χ0v) is 10.0. The molecule has 1 aromatic carbocycles. The number of nitrogens with zero attached hydrogens (tertiary/aromatic N) is 1. The van der Waals surface area contributed by atoms with Crippen molar-refractivity contribution in [1.82, 2.24) is 5.32 Å². The molecule has 0 saturated carbocycles. The van der Waals surface area contributed by atoms with Gasteiger partial charge in [0, 0.05) is 12.1 Å². The summed E-state index contributed by atoms with van der Waals surface area (Å²) in [5.74, 6) is 0. The Labute approximate surface area is 106 Å². The van der Waals surface area contributed by atoms with Crippen LogP contribution >= 0.6 is 24.0 Å². The molecule has 1 N–H and O–H groups in total. The van der Waals surface area contributed by atoms with Crippen LogP contribution in [-0.4, -0.2) is 14.4 Å². The van der Waals surface area contributed by atoms with Crippen LogP contribution in [0.15, 0.2) is 30.0 Å². The van der Waals surface area contributed by atoms with Gasteiger partial charge in [-0.05, 0) is 35.5 Å². The zero-order valence-electron chi connectivity index (χ0n) is 8.38. The molecule has 2 rings (SSSR count). The Hall–Kier alpha value is -1.73. The van der Waals surface area contributed by atoms with Gasteiger partial charge in [-0.2, -0.15) is 0 Å². The normalized spacial score (nSPS) is 17.3. The average molecular weight is 266 g/mol. The van der Waals surface area contributed by atoms with Gasteiger partial charge in [-0.1, -0.05) is 12.2 Å². The lowest BCUT2D eigenvalue weighted by Gasteiger charge is -1.97. The first kappa shape index (κ1) is 11.7. The molecule has 0 atom stereocenters. The van der Waals surface area contributed by atoms with E-state index < -0.39 is 4.92 Å². The van der Waals surface area contributed by atoms with Crippen molar-refractivity contribution >= 4 is 45.2 Å². The number of nitro benzene ring substituents is 1. The molecular weight excluding hydrogens is 260 g/mol. The van der Waals surface area contributed by atoms with Gasteiger partial charge >= 0.3 is 0 Å². The van der Waals surface area contributed by atoms with E-state index in [2.05, 4.69) is 5.32 Å². The molecule has 1 heterocycles. The maximum Gasteiger partial charge on any atom is 0.269 e. The number of rotatable bonds is 2. The number of non-ortho nitro benzene ring substituents is 1. The first-order valence-corrected chi connectivity index (χ1v) is 5.78. The second-order valence-corrected chi connectivity index (χ2v) is 4.86. The van der Waals surface area contributed by atoms with Gasteiger partial charge in [-0.25, -0.2) is 0 Å². The van der Waals surface area contributed by atoms with Crippen LogP contribution in [0.5, 0.6) is 0 Å². The minimum Gasteiger partial charge on any atom is -0.337 e. The molecule has 0 radical (unpaired) electrons. The molecule has 86 valence electrons. The summed E-state index contributed by atoms with van der Waals surface area (Å²) >= 11 is 5.81. The summed E-state index contributed by atoms with van der Waals surface area (Å²) in [4.78, 5) is 21.4. The van der Waals surface area contributed by atoms with Gasteiger partial charge in [-0.3, -0.25) is 14.9 Å². The van der Waals surface area contributed by atoms with Crippen molar-refractivity contribution in [3.63, 3.8) is 0 Å². The van der Waals surface area contributed by atoms with E-state index in [1.807, 2.05) is 0 Å². The quantitative estimate of drug-likeness (QED) is 0.382. The fourth-order valence-corrected chi connectivity index (χ4v) is 2.17. The zero-order chi connectivity index (χ0) is 12.4. The van der Waals surface area contributed by atoms with Crippen LogP contribution in [-0.2, 0) is 4.79 Å². The molecule has 0 unspecified atom stereocenters. The topological polar surface area (TPSA) is 72.2 Å². The Morgan fingerprint density at radius 1 is 1.35 bits per heavy atom. The molecule has 7 heteroatoms. The number of nitrogens with one attached hydrogen (secondary N) is 1. The van der Waals surface area contributed by atoms with Gasteiger partial charge in [0.2, 0.25) is 5.12 Å². The summed E-state index contributed by atoms with van der Waals surface area (Å²) in [6.45, 7) is 0. The molecule has 0 aliphatic carbocycles. The van der Waals surface area contributed by atoms with Gasteiger partial charge in [0.15, 0.2) is 0 Å². The Kier molecular flexibility index (Phi) is 3.21. The van der Waals surface area contributed by atoms with Crippen molar-refractivity contribution in [1.29, 1.82) is 0 Å². The van der Waals surface area contributed by atoms with Crippen LogP contribution in [0.4, 0.5) is 5.69 Å². The SMILES string of the molecule is O=C1SC(=S)NC1=Cc1ccc([N+](=O)[O-])cc1. The van der Waals surface area contributed by atoms with Crippen molar-refractivity contribution in [3.8, 4) is 0 Å². The van der Waals surface area contributed by atoms with Crippen molar-refractivity contribution in [2.75, 3.05) is 0 Å². The third-order valence-electron chi connectivity index (χ3n) is 2.06. The Morgan fingerprint density at radius 3 is 2.47 bits per heavy atom. The van der Waals surface area contributed by atoms with Gasteiger partial charge in [0.1, 0.15) is 4.32 Å². The summed E-state index contributed by atoms with van der Waals surface area (Å²) in [6.07, 6.45) is 1.61. The molecule has 1 saturated heterocycles. The monoisotopic (exact) mass is 266 g/mol. The second kappa shape index (κ2) is 4.64. The number of nitro groups is 1. The maximum atomic E-state index is 11.4. The molecule has 1 aliphatic heterocycles. The van der Waals surface area contributed by atoms with Gasteiger partial charge < -0.3 is 5.32 Å². The lowest BCUT2D eigenvalue weighted by atomic mass is 10.2. The summed E-state index contributed by atoms with van der Waals surface area (Å²) in [5, 5.41) is 13.1. The minimum absolute atomic E-state index is 0.0164. The van der Waals surface area contributed by atoms with Crippen LogP contribution in [0.2, 0.25) is 0 Å². The lowest BCUT2D eigenvalue weighted by Crippen LogP contribution is -2.09. The third kappa shape index (κ3) is 2.69. The molecule has 0 aromatic heterocycles. The predicted molar refractivity (Wildman–Crippen MR) is 69.4 cm³/mol. The Balaban J connectivity index is 2.24. The highest BCUT2D eigenvalue weighted by Crippen LogP contribution is 2.21. The van der Waals surface area contributed by atoms with Crippen LogP contribution in [0, 0.1) is 10.1 Å². The number of thiocarbonyl (C=S) groups is 1. The Bertz CT molecular complexity index is 537. The molecule has 1 fully saturated rings. The minimum atomic E-state index is -0.471. The van der Waals surface area contributed by atoms with E-state index in [4.69, 9.17) is 12.2 Å². The summed E-state index contributed by atoms with van der Waals surface area (Å²) in [5.41, 5.74) is 1.12. The van der Waals surface area contributed by atoms with Gasteiger partial charge in [0.05, 0.1) is 10.6 Å². The first-order chi connectivity index (χ1) is 8.06. The summed E-state index contributed by atoms with van der Waals surface area (Å²) in [6, 6.07) is 5.92. The summed E-state index contributed by atoms with van der Waals surface area (Å²) in [7, 11) is 0. The van der Waals surface area contributed by atoms with Gasteiger partial charge in [-0.15, -0.1) is 0 Å². The molecule has 0 spiro atoms. The largest absolute Gasteiger partial charge is 0.337 e. The fourth-order valence-electron chi connectivity index (χ4n) is 1.28. The second-order valence-electron chi connectivity index (χ2n) is 3.21.